The molecule has 0 saturated heterocycles. The Bertz CT molecular complexity index is 1640. The van der Waals surface area contributed by atoms with Gasteiger partial charge in [-0.05, 0) is 128 Å². The van der Waals surface area contributed by atoms with Gasteiger partial charge in [-0.3, -0.25) is 14.4 Å². The highest BCUT2D eigenvalue weighted by Crippen LogP contribution is 2.16. The van der Waals surface area contributed by atoms with Crippen molar-refractivity contribution < 1.29 is 28.6 Å². The lowest BCUT2D eigenvalue weighted by molar-refractivity contribution is -0.167. The van der Waals surface area contributed by atoms with E-state index in [0.717, 1.165) is 122 Å². The van der Waals surface area contributed by atoms with Crippen LogP contribution in [0.5, 0.6) is 0 Å². The minimum atomic E-state index is -0.803. The molecule has 0 bridgehead atoms. The summed E-state index contributed by atoms with van der Waals surface area (Å²) in [4.78, 5) is 38.4. The zero-order valence-electron chi connectivity index (χ0n) is 51.6. The van der Waals surface area contributed by atoms with Gasteiger partial charge in [0.1, 0.15) is 13.2 Å². The van der Waals surface area contributed by atoms with Crippen molar-refractivity contribution in [1.82, 2.24) is 0 Å². The Balaban J connectivity index is 4.44. The van der Waals surface area contributed by atoms with Gasteiger partial charge in [0.05, 0.1) is 0 Å². The SMILES string of the molecule is CC/C=C\C/C=C\C/C=C\C/C=C\C/C=C\CCCCCC(=O)OC(COC(=O)CCCCCCCCCCC/C=C\CCCCCCCC)COC(=O)CCCCCCCCCCCC/C=C\C/C=C\C/C=C\C/C=C\CC. The van der Waals surface area contributed by atoms with E-state index in [1.54, 1.807) is 0 Å². The van der Waals surface area contributed by atoms with Gasteiger partial charge >= 0.3 is 17.9 Å². The van der Waals surface area contributed by atoms with Crippen molar-refractivity contribution in [1.29, 1.82) is 0 Å². The van der Waals surface area contributed by atoms with Crippen molar-refractivity contribution in [3.63, 3.8) is 0 Å². The number of esters is 3. The summed E-state index contributed by atoms with van der Waals surface area (Å²) in [6, 6.07) is 0. The second kappa shape index (κ2) is 66.3. The maximum Gasteiger partial charge on any atom is 0.306 e. The zero-order chi connectivity index (χ0) is 57.1. The molecule has 0 rings (SSSR count). The average molecular weight is 1100 g/mol. The summed E-state index contributed by atoms with van der Waals surface area (Å²) in [6.07, 6.45) is 92.0. The number of unbranched alkanes of at least 4 members (excludes halogenated alkanes) is 28. The second-order valence-electron chi connectivity index (χ2n) is 21.6. The first-order valence-corrected chi connectivity index (χ1v) is 33.0. The second-order valence-corrected chi connectivity index (χ2v) is 21.6. The topological polar surface area (TPSA) is 78.9 Å². The summed E-state index contributed by atoms with van der Waals surface area (Å²) in [6.45, 7) is 6.40. The van der Waals surface area contributed by atoms with Crippen molar-refractivity contribution in [3.8, 4) is 0 Å². The average Bonchev–Trinajstić information content (AvgIpc) is 3.45. The number of hydrogen-bond acceptors (Lipinski definition) is 6. The van der Waals surface area contributed by atoms with Gasteiger partial charge in [-0.2, -0.15) is 0 Å². The Kier molecular flexibility index (Phi) is 62.8. The molecule has 0 radical (unpaired) electrons. The van der Waals surface area contributed by atoms with E-state index in [1.165, 1.54) is 141 Å². The third kappa shape index (κ3) is 64.5. The van der Waals surface area contributed by atoms with Crippen LogP contribution in [0.3, 0.4) is 0 Å². The largest absolute Gasteiger partial charge is 0.462 e. The highest BCUT2D eigenvalue weighted by atomic mass is 16.6. The van der Waals surface area contributed by atoms with Crippen LogP contribution < -0.4 is 0 Å². The normalized spacial score (nSPS) is 12.9. The number of carbonyl (C=O) groups excluding carboxylic acids is 3. The van der Waals surface area contributed by atoms with Crippen molar-refractivity contribution in [3.05, 3.63) is 122 Å². The first kappa shape index (κ1) is 74.8. The van der Waals surface area contributed by atoms with Crippen LogP contribution in [0.2, 0.25) is 0 Å². The van der Waals surface area contributed by atoms with Crippen molar-refractivity contribution in [2.45, 2.75) is 309 Å². The minimum Gasteiger partial charge on any atom is -0.462 e. The van der Waals surface area contributed by atoms with Gasteiger partial charge in [0.2, 0.25) is 0 Å². The molecule has 0 amide bonds. The lowest BCUT2D eigenvalue weighted by Gasteiger charge is -2.18. The molecule has 0 saturated carbocycles. The zero-order valence-corrected chi connectivity index (χ0v) is 51.6. The molecule has 0 fully saturated rings. The summed E-state index contributed by atoms with van der Waals surface area (Å²) in [5.74, 6) is -0.926. The van der Waals surface area contributed by atoms with Gasteiger partial charge in [0.25, 0.3) is 0 Å². The van der Waals surface area contributed by atoms with Crippen LogP contribution in [0.15, 0.2) is 122 Å². The predicted molar refractivity (Wildman–Crippen MR) is 343 cm³/mol. The third-order valence-electron chi connectivity index (χ3n) is 13.9. The lowest BCUT2D eigenvalue weighted by Crippen LogP contribution is -2.30. The molecule has 0 N–H and O–H groups in total. The fraction of sp³-hybridized carbons (Fsp3) is 0.685. The van der Waals surface area contributed by atoms with Gasteiger partial charge in [0.15, 0.2) is 6.10 Å². The fourth-order valence-corrected chi connectivity index (χ4v) is 9.04. The standard InChI is InChI=1S/C73H122O6/c1-4-7-10-13-16-19-22-25-28-31-34-35-36-37-40-42-45-48-51-54-57-60-63-66-72(75)78-69-70(79-73(76)67-64-61-58-55-52-49-46-43-39-33-30-27-24-21-18-15-12-9-6-3)68-77-71(74)65-62-59-56-53-50-47-44-41-38-32-29-26-23-20-17-14-11-8-5-2/h7,9-10,12,16,18-19,21,25-30,34-35,39,43,49,52,70H,4-6,8,11,13-15,17,20,22-24,31-33,36-38,40-42,44-48,50-51,53-69H2,1-3H3/b10-7-,12-9-,19-16-,21-18-,28-25-,29-26-,30-27-,35-34-,43-39-,52-49-. The van der Waals surface area contributed by atoms with Crippen molar-refractivity contribution in [2.24, 2.45) is 0 Å². The van der Waals surface area contributed by atoms with Crippen molar-refractivity contribution >= 4 is 17.9 Å². The van der Waals surface area contributed by atoms with Crippen LogP contribution in [0, 0.1) is 0 Å². The maximum atomic E-state index is 12.9. The first-order valence-electron chi connectivity index (χ1n) is 33.0. The Morgan fingerprint density at radius 3 is 0.797 bits per heavy atom. The Morgan fingerprint density at radius 2 is 0.494 bits per heavy atom. The Hall–Kier alpha value is -4.19. The smallest absolute Gasteiger partial charge is 0.306 e. The van der Waals surface area contributed by atoms with Gasteiger partial charge in [-0.1, -0.05) is 277 Å². The molecule has 79 heavy (non-hydrogen) atoms. The molecular weight excluding hydrogens is 973 g/mol. The molecule has 0 aromatic carbocycles. The quantitative estimate of drug-likeness (QED) is 0.0261. The van der Waals surface area contributed by atoms with Crippen LogP contribution in [0.25, 0.3) is 0 Å². The third-order valence-corrected chi connectivity index (χ3v) is 13.9. The molecule has 1 unspecified atom stereocenters. The van der Waals surface area contributed by atoms with E-state index in [9.17, 15) is 14.4 Å². The van der Waals surface area contributed by atoms with Gasteiger partial charge in [-0.15, -0.1) is 0 Å². The van der Waals surface area contributed by atoms with E-state index in [0.29, 0.717) is 12.8 Å². The summed E-state index contributed by atoms with van der Waals surface area (Å²) < 4.78 is 16.9. The summed E-state index contributed by atoms with van der Waals surface area (Å²) in [5, 5.41) is 0. The first-order chi connectivity index (χ1) is 39.0. The Labute approximate surface area is 488 Å². The van der Waals surface area contributed by atoms with Crippen LogP contribution >= 0.6 is 0 Å². The highest BCUT2D eigenvalue weighted by Gasteiger charge is 2.19. The van der Waals surface area contributed by atoms with Crippen LogP contribution in [-0.2, 0) is 28.6 Å². The Morgan fingerprint density at radius 1 is 0.266 bits per heavy atom. The summed E-state index contributed by atoms with van der Waals surface area (Å²) in [5.41, 5.74) is 0. The number of hydrogen-bond donors (Lipinski definition) is 0. The lowest BCUT2D eigenvalue weighted by atomic mass is 10.1. The van der Waals surface area contributed by atoms with Crippen LogP contribution in [0.1, 0.15) is 303 Å². The molecule has 0 aromatic heterocycles. The molecule has 1 atom stereocenters. The molecule has 0 aromatic rings. The molecule has 0 aliphatic heterocycles. The molecule has 0 spiro atoms. The molecule has 0 aliphatic rings. The molecule has 0 heterocycles. The molecule has 6 heteroatoms. The number of ether oxygens (including phenoxy) is 3. The van der Waals surface area contributed by atoms with Gasteiger partial charge in [-0.25, -0.2) is 0 Å². The van der Waals surface area contributed by atoms with Crippen LogP contribution in [0.4, 0.5) is 0 Å². The molecule has 450 valence electrons. The van der Waals surface area contributed by atoms with E-state index < -0.39 is 6.10 Å². The van der Waals surface area contributed by atoms with E-state index in [2.05, 4.69) is 142 Å². The monoisotopic (exact) mass is 1090 g/mol. The maximum absolute atomic E-state index is 12.9. The number of carbonyl (C=O) groups is 3. The molecule has 0 aliphatic carbocycles. The fourth-order valence-electron chi connectivity index (χ4n) is 9.04. The van der Waals surface area contributed by atoms with E-state index in [-0.39, 0.29) is 37.5 Å². The predicted octanol–water partition coefficient (Wildman–Crippen LogP) is 22.8. The molecular formula is C73H122O6. The summed E-state index contributed by atoms with van der Waals surface area (Å²) in [7, 11) is 0. The molecule has 6 nitrogen and oxygen atoms in total. The van der Waals surface area contributed by atoms with Crippen molar-refractivity contribution in [2.75, 3.05) is 13.2 Å². The minimum absolute atomic E-state index is 0.0951. The van der Waals surface area contributed by atoms with Gasteiger partial charge < -0.3 is 14.2 Å². The van der Waals surface area contributed by atoms with Gasteiger partial charge in [0, 0.05) is 19.3 Å². The van der Waals surface area contributed by atoms with E-state index in [1.807, 2.05) is 0 Å². The number of allylic oxidation sites excluding steroid dienone is 20. The van der Waals surface area contributed by atoms with E-state index in [4.69, 9.17) is 14.2 Å². The number of rotatable bonds is 59. The summed E-state index contributed by atoms with van der Waals surface area (Å²) >= 11 is 0. The highest BCUT2D eigenvalue weighted by molar-refractivity contribution is 5.71. The van der Waals surface area contributed by atoms with E-state index >= 15 is 0 Å². The van der Waals surface area contributed by atoms with Crippen LogP contribution in [-0.4, -0.2) is 37.2 Å².